The lowest BCUT2D eigenvalue weighted by Crippen LogP contribution is -2.48. The number of aryl methyl sites for hydroxylation is 1. The normalized spacial score (nSPS) is 15.7. The number of sulfonamides is 1. The Kier molecular flexibility index (Phi) is 5.42. The fraction of sp³-hybridized carbons (Fsp3) is 0.250. The Bertz CT molecular complexity index is 1060. The molecule has 2 heterocycles. The summed E-state index contributed by atoms with van der Waals surface area (Å²) in [6.07, 6.45) is 0. The Labute approximate surface area is 174 Å². The first-order chi connectivity index (χ1) is 13.4. The fourth-order valence-electron chi connectivity index (χ4n) is 3.14. The zero-order valence-corrected chi connectivity index (χ0v) is 17.8. The first-order valence-corrected chi connectivity index (χ1v) is 11.7. The molecule has 146 valence electrons. The molecule has 2 aromatic carbocycles. The molecule has 0 aliphatic carbocycles. The summed E-state index contributed by atoms with van der Waals surface area (Å²) in [5.74, 6) is 0. The van der Waals surface area contributed by atoms with Gasteiger partial charge in [-0.2, -0.15) is 4.31 Å². The monoisotopic (exact) mass is 433 g/mol. The van der Waals surface area contributed by atoms with E-state index >= 15 is 0 Å². The molecule has 1 aliphatic heterocycles. The van der Waals surface area contributed by atoms with Crippen LogP contribution in [-0.4, -0.2) is 43.9 Å². The number of anilines is 1. The SMILES string of the molecule is Cc1ccc(-c2csc(N3CCN(S(=O)(=O)c4ccc(Cl)cc4)CC3)n2)cc1. The third kappa shape index (κ3) is 3.93. The highest BCUT2D eigenvalue weighted by Gasteiger charge is 2.29. The van der Waals surface area contributed by atoms with Gasteiger partial charge in [0.05, 0.1) is 10.6 Å². The molecule has 1 aliphatic rings. The van der Waals surface area contributed by atoms with Crippen LogP contribution in [-0.2, 0) is 10.0 Å². The summed E-state index contributed by atoms with van der Waals surface area (Å²) < 4.78 is 27.1. The molecule has 0 bridgehead atoms. The molecule has 0 unspecified atom stereocenters. The molecule has 5 nitrogen and oxygen atoms in total. The number of hydrogen-bond donors (Lipinski definition) is 0. The molecule has 0 radical (unpaired) electrons. The van der Waals surface area contributed by atoms with Gasteiger partial charge in [-0.15, -0.1) is 11.3 Å². The van der Waals surface area contributed by atoms with Gasteiger partial charge in [0.25, 0.3) is 0 Å². The maximum atomic E-state index is 12.8. The minimum absolute atomic E-state index is 0.279. The van der Waals surface area contributed by atoms with E-state index in [2.05, 4.69) is 41.5 Å². The van der Waals surface area contributed by atoms with Gasteiger partial charge in [-0.1, -0.05) is 41.4 Å². The van der Waals surface area contributed by atoms with Crippen molar-refractivity contribution >= 4 is 38.1 Å². The molecule has 1 fully saturated rings. The molecule has 8 heteroatoms. The highest BCUT2D eigenvalue weighted by molar-refractivity contribution is 7.89. The van der Waals surface area contributed by atoms with Gasteiger partial charge >= 0.3 is 0 Å². The average molecular weight is 434 g/mol. The van der Waals surface area contributed by atoms with E-state index < -0.39 is 10.0 Å². The quantitative estimate of drug-likeness (QED) is 0.616. The van der Waals surface area contributed by atoms with Crippen LogP contribution in [0, 0.1) is 6.92 Å². The first kappa shape index (κ1) is 19.4. The van der Waals surface area contributed by atoms with Crippen LogP contribution in [0.25, 0.3) is 11.3 Å². The van der Waals surface area contributed by atoms with E-state index in [1.807, 2.05) is 0 Å². The molecule has 28 heavy (non-hydrogen) atoms. The molecule has 0 saturated carbocycles. The van der Waals surface area contributed by atoms with Crippen LogP contribution in [0.3, 0.4) is 0 Å². The molecular formula is C20H20ClN3O2S2. The number of halogens is 1. The van der Waals surface area contributed by atoms with Crippen molar-refractivity contribution in [2.75, 3.05) is 31.1 Å². The Balaban J connectivity index is 1.44. The summed E-state index contributed by atoms with van der Waals surface area (Å²) in [5, 5.41) is 3.51. The van der Waals surface area contributed by atoms with Gasteiger partial charge in [-0.25, -0.2) is 13.4 Å². The highest BCUT2D eigenvalue weighted by Crippen LogP contribution is 2.29. The lowest BCUT2D eigenvalue weighted by Gasteiger charge is -2.33. The molecule has 0 amide bonds. The van der Waals surface area contributed by atoms with Crippen LogP contribution in [0.1, 0.15) is 5.56 Å². The van der Waals surface area contributed by atoms with E-state index in [0.717, 1.165) is 16.4 Å². The Hall–Kier alpha value is -1.93. The highest BCUT2D eigenvalue weighted by atomic mass is 35.5. The number of thiazole rings is 1. The van der Waals surface area contributed by atoms with Crippen molar-refractivity contribution in [1.82, 2.24) is 9.29 Å². The lowest BCUT2D eigenvalue weighted by molar-refractivity contribution is 0.385. The van der Waals surface area contributed by atoms with Crippen molar-refractivity contribution in [2.45, 2.75) is 11.8 Å². The molecule has 1 saturated heterocycles. The maximum absolute atomic E-state index is 12.8. The molecule has 3 aromatic rings. The van der Waals surface area contributed by atoms with Crippen molar-refractivity contribution < 1.29 is 8.42 Å². The summed E-state index contributed by atoms with van der Waals surface area (Å²) in [6.45, 7) is 4.17. The summed E-state index contributed by atoms with van der Waals surface area (Å²) in [5.41, 5.74) is 3.27. The number of rotatable bonds is 4. The third-order valence-electron chi connectivity index (χ3n) is 4.80. The van der Waals surface area contributed by atoms with Crippen LogP contribution in [0.2, 0.25) is 5.02 Å². The van der Waals surface area contributed by atoms with Gasteiger partial charge in [-0.3, -0.25) is 0 Å². The average Bonchev–Trinajstić information content (AvgIpc) is 3.19. The van der Waals surface area contributed by atoms with Crippen molar-refractivity contribution in [3.8, 4) is 11.3 Å². The van der Waals surface area contributed by atoms with Crippen molar-refractivity contribution in [3.63, 3.8) is 0 Å². The van der Waals surface area contributed by atoms with E-state index in [1.165, 1.54) is 9.87 Å². The van der Waals surface area contributed by atoms with Gasteiger partial charge in [0.1, 0.15) is 0 Å². The predicted octanol–water partition coefficient (Wildman–Crippen LogP) is 4.28. The smallest absolute Gasteiger partial charge is 0.243 e. The molecule has 4 rings (SSSR count). The number of aromatic nitrogens is 1. The van der Waals surface area contributed by atoms with Crippen LogP contribution < -0.4 is 4.90 Å². The molecule has 0 spiro atoms. The van der Waals surface area contributed by atoms with Crippen LogP contribution in [0.5, 0.6) is 0 Å². The van der Waals surface area contributed by atoms with Gasteiger partial charge < -0.3 is 4.90 Å². The van der Waals surface area contributed by atoms with Crippen LogP contribution >= 0.6 is 22.9 Å². The Morgan fingerprint density at radius 1 is 0.964 bits per heavy atom. The van der Waals surface area contributed by atoms with Crippen molar-refractivity contribution in [3.05, 3.63) is 64.5 Å². The van der Waals surface area contributed by atoms with Crippen molar-refractivity contribution in [2.24, 2.45) is 0 Å². The molecule has 0 N–H and O–H groups in total. The van der Waals surface area contributed by atoms with Crippen LogP contribution in [0.15, 0.2) is 58.8 Å². The number of piperazine rings is 1. The first-order valence-electron chi connectivity index (χ1n) is 8.97. The third-order valence-corrected chi connectivity index (χ3v) is 7.87. The summed E-state index contributed by atoms with van der Waals surface area (Å²) in [4.78, 5) is 7.18. The molecule has 0 atom stereocenters. The van der Waals surface area contributed by atoms with E-state index in [4.69, 9.17) is 16.6 Å². The van der Waals surface area contributed by atoms with Crippen molar-refractivity contribution in [1.29, 1.82) is 0 Å². The second-order valence-corrected chi connectivity index (χ2v) is 9.94. The fourth-order valence-corrected chi connectivity index (χ4v) is 5.58. The number of hydrogen-bond acceptors (Lipinski definition) is 5. The summed E-state index contributed by atoms with van der Waals surface area (Å²) in [7, 11) is -3.50. The van der Waals surface area contributed by atoms with E-state index in [9.17, 15) is 8.42 Å². The van der Waals surface area contributed by atoms with Gasteiger partial charge in [0.15, 0.2) is 5.13 Å². The zero-order valence-electron chi connectivity index (χ0n) is 15.4. The minimum atomic E-state index is -3.50. The predicted molar refractivity (Wildman–Crippen MR) is 115 cm³/mol. The topological polar surface area (TPSA) is 53.5 Å². The second kappa shape index (κ2) is 7.83. The van der Waals surface area contributed by atoms with Crippen LogP contribution in [0.4, 0.5) is 5.13 Å². The van der Waals surface area contributed by atoms with E-state index in [-0.39, 0.29) is 4.90 Å². The minimum Gasteiger partial charge on any atom is -0.345 e. The second-order valence-electron chi connectivity index (χ2n) is 6.73. The largest absolute Gasteiger partial charge is 0.345 e. The van der Waals surface area contributed by atoms with Gasteiger partial charge in [-0.05, 0) is 31.2 Å². The van der Waals surface area contributed by atoms with Gasteiger partial charge in [0, 0.05) is 42.1 Å². The maximum Gasteiger partial charge on any atom is 0.243 e. The Morgan fingerprint density at radius 2 is 1.61 bits per heavy atom. The number of benzene rings is 2. The molecular weight excluding hydrogens is 414 g/mol. The Morgan fingerprint density at radius 3 is 2.25 bits per heavy atom. The standard InChI is InChI=1S/C20H20ClN3O2S2/c1-15-2-4-16(5-3-15)19-14-27-20(22-19)23-10-12-24(13-11-23)28(25,26)18-8-6-17(21)7-9-18/h2-9,14H,10-13H2,1H3. The summed E-state index contributed by atoms with van der Waals surface area (Å²) in [6, 6.07) is 14.6. The number of nitrogens with zero attached hydrogens (tertiary/aromatic N) is 3. The van der Waals surface area contributed by atoms with E-state index in [0.29, 0.717) is 31.2 Å². The van der Waals surface area contributed by atoms with E-state index in [1.54, 1.807) is 35.6 Å². The summed E-state index contributed by atoms with van der Waals surface area (Å²) >= 11 is 7.46. The van der Waals surface area contributed by atoms with Gasteiger partial charge in [0.2, 0.25) is 10.0 Å². The molecule has 1 aromatic heterocycles. The lowest BCUT2D eigenvalue weighted by atomic mass is 10.1. The zero-order chi connectivity index (χ0) is 19.7.